The average molecular weight is 595 g/mol. The second-order valence-electron chi connectivity index (χ2n) is 10.4. The molecular formula is C30H42O12. The highest BCUT2D eigenvalue weighted by Crippen LogP contribution is 2.35. The Hall–Kier alpha value is -3.96. The lowest BCUT2D eigenvalue weighted by Gasteiger charge is -2.28. The van der Waals surface area contributed by atoms with E-state index in [4.69, 9.17) is 0 Å². The summed E-state index contributed by atoms with van der Waals surface area (Å²) < 4.78 is 0. The molecule has 0 saturated carbocycles. The van der Waals surface area contributed by atoms with Crippen molar-refractivity contribution in [2.75, 3.05) is 0 Å². The summed E-state index contributed by atoms with van der Waals surface area (Å²) >= 11 is 0. The van der Waals surface area contributed by atoms with E-state index in [0.717, 1.165) is 33.4 Å². The van der Waals surface area contributed by atoms with Crippen LogP contribution in [0, 0.1) is 0 Å². The second-order valence-corrected chi connectivity index (χ2v) is 10.4. The molecule has 0 amide bonds. The molecule has 1 aromatic rings. The quantitative estimate of drug-likeness (QED) is 0.0993. The van der Waals surface area contributed by atoms with Gasteiger partial charge in [0.05, 0.1) is 0 Å². The van der Waals surface area contributed by atoms with Gasteiger partial charge >= 0.3 is 35.8 Å². The Bertz CT molecular complexity index is 877. The number of aliphatic carboxylic acids is 6. The molecule has 12 heteroatoms. The lowest BCUT2D eigenvalue weighted by atomic mass is 9.77. The number of benzene rings is 1. The first-order chi connectivity index (χ1) is 19.8. The van der Waals surface area contributed by atoms with Gasteiger partial charge in [-0.3, -0.25) is 28.8 Å². The molecule has 1 aromatic carbocycles. The van der Waals surface area contributed by atoms with Crippen LogP contribution in [0.5, 0.6) is 0 Å². The van der Waals surface area contributed by atoms with E-state index in [9.17, 15) is 59.4 Å². The Morgan fingerprint density at radius 3 is 0.500 bits per heavy atom. The van der Waals surface area contributed by atoms with Gasteiger partial charge in [-0.05, 0) is 110 Å². The van der Waals surface area contributed by atoms with E-state index < -0.39 is 35.8 Å². The topological polar surface area (TPSA) is 224 Å². The van der Waals surface area contributed by atoms with E-state index in [0.29, 0.717) is 38.5 Å². The molecule has 6 N–H and O–H groups in total. The van der Waals surface area contributed by atoms with E-state index >= 15 is 0 Å². The van der Waals surface area contributed by atoms with Gasteiger partial charge in [0, 0.05) is 38.5 Å². The molecule has 0 heterocycles. The van der Waals surface area contributed by atoms with Crippen molar-refractivity contribution in [3.05, 3.63) is 33.4 Å². The van der Waals surface area contributed by atoms with Crippen molar-refractivity contribution in [2.24, 2.45) is 0 Å². The van der Waals surface area contributed by atoms with Gasteiger partial charge < -0.3 is 30.6 Å². The Kier molecular flexibility index (Phi) is 16.5. The molecule has 12 nitrogen and oxygen atoms in total. The first-order valence-electron chi connectivity index (χ1n) is 14.3. The van der Waals surface area contributed by atoms with Gasteiger partial charge in [-0.25, -0.2) is 0 Å². The fourth-order valence-electron chi connectivity index (χ4n) is 5.40. The van der Waals surface area contributed by atoms with Crippen LogP contribution in [0.25, 0.3) is 0 Å². The first-order valence-corrected chi connectivity index (χ1v) is 14.3. The predicted molar refractivity (Wildman–Crippen MR) is 150 cm³/mol. The van der Waals surface area contributed by atoms with Gasteiger partial charge in [-0.1, -0.05) is 0 Å². The molecule has 0 unspecified atom stereocenters. The third kappa shape index (κ3) is 14.1. The van der Waals surface area contributed by atoms with Gasteiger partial charge in [-0.15, -0.1) is 0 Å². The molecule has 234 valence electrons. The summed E-state index contributed by atoms with van der Waals surface area (Å²) in [5.41, 5.74) is 4.69. The molecule has 0 radical (unpaired) electrons. The van der Waals surface area contributed by atoms with E-state index in [1.165, 1.54) is 0 Å². The Morgan fingerprint density at radius 1 is 0.286 bits per heavy atom. The van der Waals surface area contributed by atoms with Gasteiger partial charge in [0.25, 0.3) is 0 Å². The minimum absolute atomic E-state index is 0.133. The summed E-state index contributed by atoms with van der Waals surface area (Å²) in [7, 11) is 0. The number of hydrogen-bond donors (Lipinski definition) is 6. The fraction of sp³-hybridized carbons (Fsp3) is 0.600. The molecule has 0 spiro atoms. The van der Waals surface area contributed by atoms with Gasteiger partial charge in [0.2, 0.25) is 0 Å². The van der Waals surface area contributed by atoms with Crippen LogP contribution in [-0.2, 0) is 67.3 Å². The van der Waals surface area contributed by atoms with E-state index in [1.54, 1.807) is 0 Å². The van der Waals surface area contributed by atoms with Crippen LogP contribution in [0.4, 0.5) is 0 Å². The maximum absolute atomic E-state index is 11.3. The third-order valence-corrected chi connectivity index (χ3v) is 7.09. The third-order valence-electron chi connectivity index (χ3n) is 7.09. The molecule has 0 aliphatic carbocycles. The fourth-order valence-corrected chi connectivity index (χ4v) is 5.40. The van der Waals surface area contributed by atoms with Gasteiger partial charge in [0.15, 0.2) is 0 Å². The van der Waals surface area contributed by atoms with E-state index in [2.05, 4.69) is 0 Å². The minimum Gasteiger partial charge on any atom is -0.481 e. The molecule has 0 fully saturated rings. The van der Waals surface area contributed by atoms with Crippen LogP contribution in [0.15, 0.2) is 0 Å². The Balaban J connectivity index is 3.95. The van der Waals surface area contributed by atoms with Gasteiger partial charge in [-0.2, -0.15) is 0 Å². The van der Waals surface area contributed by atoms with Crippen molar-refractivity contribution in [3.8, 4) is 0 Å². The second kappa shape index (κ2) is 19.2. The zero-order chi connectivity index (χ0) is 31.7. The molecule has 0 aromatic heterocycles. The number of carboxylic acid groups (broad SMARTS) is 6. The summed E-state index contributed by atoms with van der Waals surface area (Å²) in [4.78, 5) is 68.0. The highest BCUT2D eigenvalue weighted by atomic mass is 16.4. The molecule has 0 aliphatic rings. The molecule has 42 heavy (non-hydrogen) atoms. The molecule has 0 aliphatic heterocycles. The molecule has 0 saturated heterocycles. The van der Waals surface area contributed by atoms with Crippen molar-refractivity contribution in [3.63, 3.8) is 0 Å². The zero-order valence-corrected chi connectivity index (χ0v) is 23.9. The average Bonchev–Trinajstić information content (AvgIpc) is 2.86. The number of rotatable bonds is 24. The lowest BCUT2D eigenvalue weighted by molar-refractivity contribution is -0.138. The first kappa shape index (κ1) is 36.1. The summed E-state index contributed by atoms with van der Waals surface area (Å²) in [6.45, 7) is 0. The smallest absolute Gasteiger partial charge is 0.303 e. The monoisotopic (exact) mass is 594 g/mol. The van der Waals surface area contributed by atoms with Crippen LogP contribution < -0.4 is 0 Å². The normalized spacial score (nSPS) is 10.9. The maximum Gasteiger partial charge on any atom is 0.303 e. The van der Waals surface area contributed by atoms with Crippen molar-refractivity contribution >= 4 is 35.8 Å². The maximum atomic E-state index is 11.3. The number of hydrogen-bond acceptors (Lipinski definition) is 6. The van der Waals surface area contributed by atoms with Crippen LogP contribution in [0.2, 0.25) is 0 Å². The van der Waals surface area contributed by atoms with Crippen LogP contribution >= 0.6 is 0 Å². The summed E-state index contributed by atoms with van der Waals surface area (Å²) in [6.07, 6.45) is 2.61. The number of carboxylic acids is 6. The van der Waals surface area contributed by atoms with E-state index in [1.807, 2.05) is 0 Å². The molecular weight excluding hydrogens is 552 g/mol. The largest absolute Gasteiger partial charge is 0.481 e. The highest BCUT2D eigenvalue weighted by molar-refractivity contribution is 5.69. The van der Waals surface area contributed by atoms with Crippen molar-refractivity contribution in [2.45, 2.75) is 116 Å². The zero-order valence-electron chi connectivity index (χ0n) is 23.9. The highest BCUT2D eigenvalue weighted by Gasteiger charge is 2.24. The van der Waals surface area contributed by atoms with E-state index in [-0.39, 0.29) is 77.0 Å². The van der Waals surface area contributed by atoms with Crippen LogP contribution in [-0.4, -0.2) is 66.5 Å². The van der Waals surface area contributed by atoms with Crippen molar-refractivity contribution < 1.29 is 59.4 Å². The summed E-state index contributed by atoms with van der Waals surface area (Å²) in [6, 6.07) is 0. The minimum atomic E-state index is -0.997. The lowest BCUT2D eigenvalue weighted by Crippen LogP contribution is -2.17. The van der Waals surface area contributed by atoms with Gasteiger partial charge in [0.1, 0.15) is 0 Å². The summed E-state index contributed by atoms with van der Waals surface area (Å²) in [5.74, 6) is -5.98. The predicted octanol–water partition coefficient (Wildman–Crippen LogP) is 4.13. The standard InChI is InChI=1S/C30H42O12/c31-25(32)13-1-7-19-20(8-2-14-26(33)34)22(10-4-16-28(37)38)24(12-6-18-30(41)42)23(11-5-17-29(39)40)21(19)9-3-15-27(35)36/h1-18H2,(H,31,32)(H,33,34)(H,35,36)(H,37,38)(H,39,40)(H,41,42). The number of carbonyl (C=O) groups is 6. The summed E-state index contributed by atoms with van der Waals surface area (Å²) in [5, 5.41) is 55.7. The SMILES string of the molecule is O=C(O)CCCc1c(CCCC(=O)O)c(CCCC(=O)O)c(CCCC(=O)O)c(CCCC(=O)O)c1CCCC(=O)O. The van der Waals surface area contributed by atoms with Crippen molar-refractivity contribution in [1.82, 2.24) is 0 Å². The van der Waals surface area contributed by atoms with Crippen molar-refractivity contribution in [1.29, 1.82) is 0 Å². The molecule has 0 bridgehead atoms. The van der Waals surface area contributed by atoms with Crippen LogP contribution in [0.3, 0.4) is 0 Å². The molecule has 0 atom stereocenters. The van der Waals surface area contributed by atoms with Crippen LogP contribution in [0.1, 0.15) is 110 Å². The Morgan fingerprint density at radius 2 is 0.405 bits per heavy atom. The Labute approximate surface area is 244 Å². The molecule has 1 rings (SSSR count).